The van der Waals surface area contributed by atoms with Crippen molar-refractivity contribution in [3.8, 4) is 0 Å². The maximum Gasteiger partial charge on any atom is 0.108 e. The number of aliphatic hydroxyl groups is 1. The van der Waals surface area contributed by atoms with Gasteiger partial charge in [-0.2, -0.15) is 0 Å². The Hall–Kier alpha value is -1.90. The minimum atomic E-state index is -0.771. The lowest BCUT2D eigenvalue weighted by atomic mass is 9.99. The fourth-order valence-electron chi connectivity index (χ4n) is 2.21. The van der Waals surface area contributed by atoms with E-state index in [4.69, 9.17) is 11.6 Å². The second-order valence-electron chi connectivity index (χ2n) is 4.35. The van der Waals surface area contributed by atoms with Crippen molar-refractivity contribution in [1.29, 1.82) is 0 Å². The van der Waals surface area contributed by atoms with Crippen LogP contribution in [0.4, 0.5) is 0 Å². The van der Waals surface area contributed by atoms with Crippen molar-refractivity contribution < 1.29 is 5.11 Å². The summed E-state index contributed by atoms with van der Waals surface area (Å²) in [5.41, 5.74) is 2.27. The summed E-state index contributed by atoms with van der Waals surface area (Å²) >= 11 is 6.14. The van der Waals surface area contributed by atoms with E-state index in [-0.39, 0.29) is 0 Å². The van der Waals surface area contributed by atoms with Gasteiger partial charge in [-0.15, -0.1) is 0 Å². The zero-order valence-corrected chi connectivity index (χ0v) is 10.9. The van der Waals surface area contributed by atoms with Crippen molar-refractivity contribution in [2.75, 3.05) is 0 Å². The topological polar surface area (TPSA) is 33.1 Å². The minimum absolute atomic E-state index is 0.558. The molecular weight excluding hydrogens is 258 g/mol. The van der Waals surface area contributed by atoms with E-state index in [1.807, 2.05) is 48.5 Å². The number of fused-ring (bicyclic) bond motifs is 1. The highest BCUT2D eigenvalue weighted by Crippen LogP contribution is 2.31. The summed E-state index contributed by atoms with van der Waals surface area (Å²) in [7, 11) is 0. The second-order valence-corrected chi connectivity index (χ2v) is 4.75. The molecule has 2 nitrogen and oxygen atoms in total. The number of hydrogen-bond donors (Lipinski definition) is 1. The van der Waals surface area contributed by atoms with Crippen molar-refractivity contribution in [2.24, 2.45) is 0 Å². The van der Waals surface area contributed by atoms with E-state index in [1.165, 1.54) is 0 Å². The molecule has 1 aromatic heterocycles. The first-order valence-corrected chi connectivity index (χ1v) is 6.41. The van der Waals surface area contributed by atoms with Crippen LogP contribution >= 0.6 is 11.6 Å². The third-order valence-corrected chi connectivity index (χ3v) is 3.50. The Labute approximate surface area is 116 Å². The molecule has 3 heteroatoms. The molecule has 94 valence electrons. The van der Waals surface area contributed by atoms with Crippen LogP contribution in [0.1, 0.15) is 17.2 Å². The first-order chi connectivity index (χ1) is 9.27. The Morgan fingerprint density at radius 3 is 2.47 bits per heavy atom. The van der Waals surface area contributed by atoms with E-state index in [0.29, 0.717) is 10.6 Å². The summed E-state index contributed by atoms with van der Waals surface area (Å²) in [5, 5.41) is 12.1. The van der Waals surface area contributed by atoms with Crippen molar-refractivity contribution >= 4 is 22.5 Å². The highest BCUT2D eigenvalue weighted by atomic mass is 35.5. The van der Waals surface area contributed by atoms with E-state index < -0.39 is 6.10 Å². The molecular formula is C16H12ClNO. The highest BCUT2D eigenvalue weighted by Gasteiger charge is 2.16. The van der Waals surface area contributed by atoms with Crippen LogP contribution in [-0.4, -0.2) is 10.1 Å². The number of pyridine rings is 1. The van der Waals surface area contributed by atoms with Gasteiger partial charge >= 0.3 is 0 Å². The molecule has 0 amide bonds. The van der Waals surface area contributed by atoms with Crippen LogP contribution in [0.25, 0.3) is 10.9 Å². The molecule has 1 N–H and O–H groups in total. The number of halogens is 1. The summed E-state index contributed by atoms with van der Waals surface area (Å²) in [6, 6.07) is 16.9. The predicted octanol–water partition coefficient (Wildman–Crippen LogP) is 3.97. The zero-order valence-electron chi connectivity index (χ0n) is 10.1. The molecule has 1 unspecified atom stereocenters. The molecule has 0 aliphatic heterocycles. The molecule has 0 saturated heterocycles. The normalized spacial score (nSPS) is 12.5. The summed E-state index contributed by atoms with van der Waals surface area (Å²) in [5.74, 6) is 0. The quantitative estimate of drug-likeness (QED) is 0.764. The van der Waals surface area contributed by atoms with Gasteiger partial charge in [-0.05, 0) is 12.1 Å². The van der Waals surface area contributed by atoms with Gasteiger partial charge in [-0.1, -0.05) is 54.1 Å². The molecule has 1 atom stereocenters. The summed E-state index contributed by atoms with van der Waals surface area (Å²) < 4.78 is 0. The molecule has 0 saturated carbocycles. The Balaban J connectivity index is 2.17. The first-order valence-electron chi connectivity index (χ1n) is 6.03. The second kappa shape index (κ2) is 5.00. The maximum atomic E-state index is 10.5. The van der Waals surface area contributed by atoms with Crippen molar-refractivity contribution in [3.05, 3.63) is 76.9 Å². The smallest absolute Gasteiger partial charge is 0.108 e. The van der Waals surface area contributed by atoms with Gasteiger partial charge < -0.3 is 5.11 Å². The monoisotopic (exact) mass is 269 g/mol. The van der Waals surface area contributed by atoms with Gasteiger partial charge in [0.1, 0.15) is 6.10 Å². The number of para-hydroxylation sites is 1. The summed E-state index contributed by atoms with van der Waals surface area (Å²) in [6.45, 7) is 0. The minimum Gasteiger partial charge on any atom is -0.384 e. The summed E-state index contributed by atoms with van der Waals surface area (Å²) in [4.78, 5) is 4.35. The lowest BCUT2D eigenvalue weighted by Gasteiger charge is -2.14. The fraction of sp³-hybridized carbons (Fsp3) is 0.0625. The maximum absolute atomic E-state index is 10.5. The molecule has 3 aromatic rings. The van der Waals surface area contributed by atoms with Gasteiger partial charge in [0.05, 0.1) is 5.52 Å². The molecule has 3 rings (SSSR count). The van der Waals surface area contributed by atoms with E-state index in [0.717, 1.165) is 16.5 Å². The van der Waals surface area contributed by atoms with Crippen molar-refractivity contribution in [2.45, 2.75) is 6.10 Å². The van der Waals surface area contributed by atoms with Gasteiger partial charge in [-0.25, -0.2) is 0 Å². The largest absolute Gasteiger partial charge is 0.384 e. The fourth-order valence-corrected chi connectivity index (χ4v) is 2.45. The SMILES string of the molecule is OC(c1ccccc1Cl)c1cccc2cccnc12. The first kappa shape index (κ1) is 12.2. The molecule has 0 aliphatic rings. The number of aliphatic hydroxyl groups excluding tert-OH is 1. The third kappa shape index (κ3) is 2.21. The van der Waals surface area contributed by atoms with E-state index in [2.05, 4.69) is 4.98 Å². The van der Waals surface area contributed by atoms with Gasteiger partial charge in [0, 0.05) is 27.7 Å². The van der Waals surface area contributed by atoms with Crippen LogP contribution in [0, 0.1) is 0 Å². The molecule has 2 aromatic carbocycles. The molecule has 19 heavy (non-hydrogen) atoms. The number of rotatable bonds is 2. The predicted molar refractivity (Wildman–Crippen MR) is 77.3 cm³/mol. The van der Waals surface area contributed by atoms with Crippen LogP contribution < -0.4 is 0 Å². The van der Waals surface area contributed by atoms with Crippen LogP contribution in [-0.2, 0) is 0 Å². The molecule has 0 aliphatic carbocycles. The van der Waals surface area contributed by atoms with Gasteiger partial charge in [0.15, 0.2) is 0 Å². The standard InChI is InChI=1S/C16H12ClNO/c17-14-9-2-1-7-12(14)16(19)13-8-3-5-11-6-4-10-18-15(11)13/h1-10,16,19H. The Morgan fingerprint density at radius 2 is 1.63 bits per heavy atom. The van der Waals surface area contributed by atoms with Crippen LogP contribution in [0.3, 0.4) is 0 Å². The lowest BCUT2D eigenvalue weighted by Crippen LogP contribution is -2.02. The van der Waals surface area contributed by atoms with Crippen LogP contribution in [0.5, 0.6) is 0 Å². The highest BCUT2D eigenvalue weighted by molar-refractivity contribution is 6.31. The Bertz CT molecular complexity index is 721. The zero-order chi connectivity index (χ0) is 13.2. The van der Waals surface area contributed by atoms with Gasteiger partial charge in [0.25, 0.3) is 0 Å². The third-order valence-electron chi connectivity index (χ3n) is 3.16. The number of nitrogens with zero attached hydrogens (tertiary/aromatic N) is 1. The molecule has 0 radical (unpaired) electrons. The molecule has 0 spiro atoms. The number of hydrogen-bond acceptors (Lipinski definition) is 2. The van der Waals surface area contributed by atoms with Crippen LogP contribution in [0.2, 0.25) is 5.02 Å². The Kier molecular flexibility index (Phi) is 3.20. The van der Waals surface area contributed by atoms with Crippen LogP contribution in [0.15, 0.2) is 60.8 Å². The molecule has 1 heterocycles. The van der Waals surface area contributed by atoms with E-state index >= 15 is 0 Å². The van der Waals surface area contributed by atoms with Gasteiger partial charge in [0.2, 0.25) is 0 Å². The number of aromatic nitrogens is 1. The molecule has 0 fully saturated rings. The number of benzene rings is 2. The van der Waals surface area contributed by atoms with Gasteiger partial charge in [-0.3, -0.25) is 4.98 Å². The van der Waals surface area contributed by atoms with E-state index in [9.17, 15) is 5.11 Å². The average Bonchev–Trinajstić information content (AvgIpc) is 2.46. The Morgan fingerprint density at radius 1 is 0.895 bits per heavy atom. The average molecular weight is 270 g/mol. The molecule has 0 bridgehead atoms. The van der Waals surface area contributed by atoms with E-state index in [1.54, 1.807) is 12.3 Å². The summed E-state index contributed by atoms with van der Waals surface area (Å²) in [6.07, 6.45) is 0.956. The lowest BCUT2D eigenvalue weighted by molar-refractivity contribution is 0.222. The van der Waals surface area contributed by atoms with Crippen molar-refractivity contribution in [3.63, 3.8) is 0 Å². The van der Waals surface area contributed by atoms with Crippen molar-refractivity contribution in [1.82, 2.24) is 4.98 Å².